The largest absolute Gasteiger partial charge is 0.464 e. The number of carbonyl (C=O) groups excluding carboxylic acids is 2. The average molecular weight is 384 g/mol. The van der Waals surface area contributed by atoms with Crippen LogP contribution in [-0.2, 0) is 14.3 Å². The van der Waals surface area contributed by atoms with Crippen molar-refractivity contribution >= 4 is 23.7 Å². The smallest absolute Gasteiger partial charge is 0.188 e. The van der Waals surface area contributed by atoms with Crippen LogP contribution in [0.5, 0.6) is 11.5 Å². The predicted octanol–water partition coefficient (Wildman–Crippen LogP) is 3.98. The summed E-state index contributed by atoms with van der Waals surface area (Å²) in [5.41, 5.74) is 2.37. The first-order valence-electron chi connectivity index (χ1n) is 8.71. The number of Topliss-reactive ketones (excluding diaryl/α,β-unsaturated/α-hetero) is 2. The van der Waals surface area contributed by atoms with Gasteiger partial charge in [-0.3, -0.25) is 9.59 Å². The van der Waals surface area contributed by atoms with Gasteiger partial charge in [0, 0.05) is 19.8 Å². The van der Waals surface area contributed by atoms with Crippen molar-refractivity contribution in [1.29, 1.82) is 0 Å². The number of hydrogen-bond donors (Lipinski definition) is 0. The van der Waals surface area contributed by atoms with E-state index in [1.807, 2.05) is 36.4 Å². The third-order valence-corrected chi connectivity index (χ3v) is 3.74. The molecule has 0 bridgehead atoms. The summed E-state index contributed by atoms with van der Waals surface area (Å²) in [6.07, 6.45) is 3.77. The number of ketones is 2. The molecule has 0 aromatic heterocycles. The van der Waals surface area contributed by atoms with Crippen molar-refractivity contribution in [2.24, 2.45) is 0 Å². The molecule has 6 nitrogen and oxygen atoms in total. The van der Waals surface area contributed by atoms with E-state index < -0.39 is 0 Å². The molecule has 2 aromatic rings. The van der Waals surface area contributed by atoms with Crippen LogP contribution in [0.4, 0.5) is 0 Å². The Hall–Kier alpha value is -2.96. The van der Waals surface area contributed by atoms with E-state index in [0.29, 0.717) is 17.1 Å². The molecular weight excluding hydrogens is 360 g/mol. The number of hydrogen-bond acceptors (Lipinski definition) is 6. The van der Waals surface area contributed by atoms with Crippen LogP contribution in [0, 0.1) is 0 Å². The predicted molar refractivity (Wildman–Crippen MR) is 106 cm³/mol. The molecule has 0 spiro atoms. The SMILES string of the molecule is COCOc1ccc(/C=C/c2ccc(C(=O)CC(C)=O)cc2)cc1OCOC. The van der Waals surface area contributed by atoms with E-state index in [-0.39, 0.29) is 31.6 Å². The van der Waals surface area contributed by atoms with Crippen LogP contribution < -0.4 is 9.47 Å². The Labute approximate surface area is 164 Å². The van der Waals surface area contributed by atoms with Gasteiger partial charge in [0.05, 0.1) is 6.42 Å². The zero-order chi connectivity index (χ0) is 20.4. The van der Waals surface area contributed by atoms with Crippen LogP contribution >= 0.6 is 0 Å². The van der Waals surface area contributed by atoms with Crippen molar-refractivity contribution in [2.75, 3.05) is 27.8 Å². The first-order chi connectivity index (χ1) is 13.5. The Morgan fingerprint density at radius 3 is 2.00 bits per heavy atom. The summed E-state index contributed by atoms with van der Waals surface area (Å²) in [5.74, 6) is 0.795. The zero-order valence-electron chi connectivity index (χ0n) is 16.3. The van der Waals surface area contributed by atoms with E-state index in [2.05, 4.69) is 0 Å². The molecule has 0 atom stereocenters. The molecule has 0 radical (unpaired) electrons. The van der Waals surface area contributed by atoms with Crippen molar-refractivity contribution < 1.29 is 28.5 Å². The third-order valence-electron chi connectivity index (χ3n) is 3.74. The minimum absolute atomic E-state index is 0.0725. The zero-order valence-corrected chi connectivity index (χ0v) is 16.3. The average Bonchev–Trinajstić information content (AvgIpc) is 2.69. The highest BCUT2D eigenvalue weighted by Crippen LogP contribution is 2.29. The summed E-state index contributed by atoms with van der Waals surface area (Å²) in [6.45, 7) is 1.63. The van der Waals surface area contributed by atoms with Gasteiger partial charge in [0.25, 0.3) is 0 Å². The normalized spacial score (nSPS) is 10.8. The van der Waals surface area contributed by atoms with Crippen molar-refractivity contribution in [1.82, 2.24) is 0 Å². The Balaban J connectivity index is 2.11. The Kier molecular flexibility index (Phi) is 8.39. The lowest BCUT2D eigenvalue weighted by Gasteiger charge is -2.12. The maximum atomic E-state index is 11.9. The van der Waals surface area contributed by atoms with E-state index in [1.165, 1.54) is 6.92 Å². The van der Waals surface area contributed by atoms with E-state index in [0.717, 1.165) is 11.1 Å². The van der Waals surface area contributed by atoms with Gasteiger partial charge in [-0.1, -0.05) is 42.5 Å². The Bertz CT molecular complexity index is 823. The fourth-order valence-corrected chi connectivity index (χ4v) is 2.41. The first kappa shape index (κ1) is 21.3. The number of rotatable bonds is 11. The van der Waals surface area contributed by atoms with Gasteiger partial charge in [0.15, 0.2) is 30.9 Å². The molecule has 148 valence electrons. The Morgan fingerprint density at radius 2 is 1.39 bits per heavy atom. The quantitative estimate of drug-likeness (QED) is 0.253. The molecule has 0 saturated carbocycles. The number of methoxy groups -OCH3 is 2. The van der Waals surface area contributed by atoms with Crippen molar-refractivity contribution in [3.05, 3.63) is 59.2 Å². The lowest BCUT2D eigenvalue weighted by Crippen LogP contribution is -2.04. The second kappa shape index (κ2) is 11.0. The van der Waals surface area contributed by atoms with Crippen LogP contribution in [0.1, 0.15) is 34.8 Å². The minimum atomic E-state index is -0.172. The lowest BCUT2D eigenvalue weighted by molar-refractivity contribution is -0.116. The highest BCUT2D eigenvalue weighted by atomic mass is 16.7. The van der Waals surface area contributed by atoms with Gasteiger partial charge in [-0.25, -0.2) is 0 Å². The van der Waals surface area contributed by atoms with Gasteiger partial charge in [-0.05, 0) is 30.2 Å². The van der Waals surface area contributed by atoms with E-state index in [4.69, 9.17) is 18.9 Å². The Morgan fingerprint density at radius 1 is 0.821 bits per heavy atom. The topological polar surface area (TPSA) is 71.1 Å². The molecule has 2 aromatic carbocycles. The van der Waals surface area contributed by atoms with Crippen molar-refractivity contribution in [3.8, 4) is 11.5 Å². The summed E-state index contributed by atoms with van der Waals surface area (Å²) < 4.78 is 20.9. The summed E-state index contributed by atoms with van der Waals surface area (Å²) in [5, 5.41) is 0. The highest BCUT2D eigenvalue weighted by Gasteiger charge is 2.08. The molecular formula is C22H24O6. The number of carbonyl (C=O) groups is 2. The van der Waals surface area contributed by atoms with Crippen LogP contribution in [0.15, 0.2) is 42.5 Å². The summed E-state index contributed by atoms with van der Waals surface area (Å²) in [4.78, 5) is 23.0. The van der Waals surface area contributed by atoms with Crippen LogP contribution in [0.3, 0.4) is 0 Å². The van der Waals surface area contributed by atoms with E-state index >= 15 is 0 Å². The molecule has 0 unspecified atom stereocenters. The molecule has 0 aliphatic rings. The first-order valence-corrected chi connectivity index (χ1v) is 8.71. The third kappa shape index (κ3) is 6.64. The standard InChI is InChI=1S/C22H24O6/c1-16(23)12-20(24)19-9-6-17(7-10-19)4-5-18-8-11-21(27-14-25-2)22(13-18)28-15-26-3/h4-11,13H,12,14-15H2,1-3H3/b5-4+. The monoisotopic (exact) mass is 384 g/mol. The molecule has 0 aliphatic heterocycles. The second-order valence-electron chi connectivity index (χ2n) is 6.07. The molecule has 0 N–H and O–H groups in total. The van der Waals surface area contributed by atoms with Gasteiger partial charge in [-0.15, -0.1) is 0 Å². The van der Waals surface area contributed by atoms with Crippen molar-refractivity contribution in [2.45, 2.75) is 13.3 Å². The molecule has 6 heteroatoms. The van der Waals surface area contributed by atoms with Gasteiger partial charge in [0.1, 0.15) is 5.78 Å². The summed E-state index contributed by atoms with van der Waals surface area (Å²) in [6, 6.07) is 12.6. The van der Waals surface area contributed by atoms with Gasteiger partial charge >= 0.3 is 0 Å². The van der Waals surface area contributed by atoms with Crippen LogP contribution in [-0.4, -0.2) is 39.4 Å². The summed E-state index contributed by atoms with van der Waals surface area (Å²) >= 11 is 0. The van der Waals surface area contributed by atoms with Crippen LogP contribution in [0.25, 0.3) is 12.2 Å². The van der Waals surface area contributed by atoms with E-state index in [9.17, 15) is 9.59 Å². The maximum Gasteiger partial charge on any atom is 0.188 e. The van der Waals surface area contributed by atoms with Crippen LogP contribution in [0.2, 0.25) is 0 Å². The molecule has 0 saturated heterocycles. The fourth-order valence-electron chi connectivity index (χ4n) is 2.41. The van der Waals surface area contributed by atoms with Gasteiger partial charge < -0.3 is 18.9 Å². The molecule has 0 aliphatic carbocycles. The fraction of sp³-hybridized carbons (Fsp3) is 0.273. The molecule has 0 fully saturated rings. The second-order valence-corrected chi connectivity index (χ2v) is 6.07. The number of ether oxygens (including phenoxy) is 4. The minimum Gasteiger partial charge on any atom is -0.464 e. The molecule has 2 rings (SSSR count). The highest BCUT2D eigenvalue weighted by molar-refractivity contribution is 6.07. The van der Waals surface area contributed by atoms with Crippen molar-refractivity contribution in [3.63, 3.8) is 0 Å². The molecule has 28 heavy (non-hydrogen) atoms. The van der Waals surface area contributed by atoms with E-state index in [1.54, 1.807) is 32.4 Å². The summed E-state index contributed by atoms with van der Waals surface area (Å²) in [7, 11) is 3.09. The van der Waals surface area contributed by atoms with Gasteiger partial charge in [-0.2, -0.15) is 0 Å². The van der Waals surface area contributed by atoms with Gasteiger partial charge in [0.2, 0.25) is 0 Å². The maximum absolute atomic E-state index is 11.9. The molecule has 0 amide bonds. The molecule has 0 heterocycles. The number of benzene rings is 2. The lowest BCUT2D eigenvalue weighted by atomic mass is 10.0.